The van der Waals surface area contributed by atoms with Gasteiger partial charge in [0, 0.05) is 11.2 Å². The Morgan fingerprint density at radius 3 is 2.10 bits per heavy atom. The Kier molecular flexibility index (Phi) is 6.55. The van der Waals surface area contributed by atoms with Gasteiger partial charge in [-0.15, -0.1) is 0 Å². The molecule has 0 aromatic heterocycles. The largest absolute Gasteiger partial charge is 0.358 e. The van der Waals surface area contributed by atoms with Gasteiger partial charge in [-0.3, -0.25) is 0 Å². The van der Waals surface area contributed by atoms with Gasteiger partial charge in [0.15, 0.2) is 10.2 Å². The van der Waals surface area contributed by atoms with Gasteiger partial charge in [-0.2, -0.15) is 0 Å². The van der Waals surface area contributed by atoms with Crippen LogP contribution in [0.3, 0.4) is 0 Å². The summed E-state index contributed by atoms with van der Waals surface area (Å²) in [5.41, 5.74) is 2.20. The van der Waals surface area contributed by atoms with Crippen molar-refractivity contribution in [3.8, 4) is 0 Å². The summed E-state index contributed by atoms with van der Waals surface area (Å²) >= 11 is 10.5. The number of thiocarbonyl (C=S) groups is 2. The lowest BCUT2D eigenvalue weighted by Crippen LogP contribution is -2.49. The highest BCUT2D eigenvalue weighted by molar-refractivity contribution is 7.82. The Morgan fingerprint density at radius 2 is 1.62 bits per heavy atom. The molecular weight excluding hydrogens is 298 g/mol. The van der Waals surface area contributed by atoms with Gasteiger partial charge >= 0.3 is 0 Å². The summed E-state index contributed by atoms with van der Waals surface area (Å²) in [5, 5.41) is 10.3. The minimum Gasteiger partial charge on any atom is -0.358 e. The van der Waals surface area contributed by atoms with Crippen molar-refractivity contribution in [2.75, 3.05) is 5.32 Å². The fraction of sp³-hybridized carbons (Fsp3) is 0.500. The maximum Gasteiger partial charge on any atom is 0.177 e. The average Bonchev–Trinajstić information content (AvgIpc) is 2.28. The fourth-order valence-electron chi connectivity index (χ4n) is 1.83. The molecular formula is C16H25N3S2. The molecule has 3 nitrogen and oxygen atoms in total. The van der Waals surface area contributed by atoms with Crippen LogP contribution in [0, 0.1) is 5.92 Å². The third-order valence-electron chi connectivity index (χ3n) is 2.57. The molecule has 1 rings (SSSR count). The zero-order valence-electron chi connectivity index (χ0n) is 13.4. The van der Waals surface area contributed by atoms with Crippen molar-refractivity contribution in [3.05, 3.63) is 29.8 Å². The van der Waals surface area contributed by atoms with Crippen LogP contribution in [0.2, 0.25) is 0 Å². The van der Waals surface area contributed by atoms with Gasteiger partial charge in [0.25, 0.3) is 0 Å². The van der Waals surface area contributed by atoms with E-state index in [2.05, 4.69) is 41.9 Å². The van der Waals surface area contributed by atoms with E-state index < -0.39 is 0 Å². The van der Waals surface area contributed by atoms with Crippen LogP contribution in [-0.4, -0.2) is 15.8 Å². The van der Waals surface area contributed by atoms with Crippen LogP contribution < -0.4 is 16.0 Å². The van der Waals surface area contributed by atoms with Crippen LogP contribution in [0.15, 0.2) is 24.3 Å². The zero-order chi connectivity index (χ0) is 16.0. The van der Waals surface area contributed by atoms with Crippen molar-refractivity contribution in [2.45, 2.75) is 46.6 Å². The maximum atomic E-state index is 5.25. The lowest BCUT2D eigenvalue weighted by atomic mass is 10.0. The molecule has 0 atom stereocenters. The third-order valence-corrected chi connectivity index (χ3v) is 2.98. The standard InChI is InChI=1S/C16H25N3S2/c1-11(2)10-12-6-8-13(9-7-12)17-14(20)18-15(21)19-16(3,4)5/h6-9,11H,10H2,1-5H3,(H3,17,18,19,20,21). The van der Waals surface area contributed by atoms with Crippen molar-refractivity contribution in [2.24, 2.45) is 5.92 Å². The number of nitrogens with one attached hydrogen (secondary N) is 3. The minimum atomic E-state index is -0.0851. The van der Waals surface area contributed by atoms with Crippen LogP contribution in [0.25, 0.3) is 0 Å². The molecule has 1 aromatic carbocycles. The molecule has 0 unspecified atom stereocenters. The first-order valence-electron chi connectivity index (χ1n) is 7.15. The van der Waals surface area contributed by atoms with Crippen LogP contribution in [0.1, 0.15) is 40.2 Å². The van der Waals surface area contributed by atoms with Gasteiger partial charge in [-0.1, -0.05) is 26.0 Å². The van der Waals surface area contributed by atoms with Gasteiger partial charge < -0.3 is 16.0 Å². The van der Waals surface area contributed by atoms with Crippen molar-refractivity contribution in [1.29, 1.82) is 0 Å². The Labute approximate surface area is 138 Å². The summed E-state index contributed by atoms with van der Waals surface area (Å²) in [5.74, 6) is 0.660. The molecule has 0 fully saturated rings. The van der Waals surface area contributed by atoms with Crippen molar-refractivity contribution < 1.29 is 0 Å². The van der Waals surface area contributed by atoms with Crippen LogP contribution in [-0.2, 0) is 6.42 Å². The zero-order valence-corrected chi connectivity index (χ0v) is 15.0. The van der Waals surface area contributed by atoms with Gasteiger partial charge in [-0.05, 0) is 75.2 Å². The number of benzene rings is 1. The van der Waals surface area contributed by atoms with Crippen molar-refractivity contribution >= 4 is 40.3 Å². The van der Waals surface area contributed by atoms with E-state index in [0.29, 0.717) is 16.1 Å². The van der Waals surface area contributed by atoms with Gasteiger partial charge in [0.2, 0.25) is 0 Å². The lowest BCUT2D eigenvalue weighted by Gasteiger charge is -2.23. The molecule has 0 amide bonds. The number of rotatable bonds is 3. The normalized spacial score (nSPS) is 11.1. The Bertz CT molecular complexity index is 487. The summed E-state index contributed by atoms with van der Waals surface area (Å²) < 4.78 is 0. The van der Waals surface area contributed by atoms with Crippen molar-refractivity contribution in [1.82, 2.24) is 10.6 Å². The fourth-order valence-corrected chi connectivity index (χ4v) is 2.53. The van der Waals surface area contributed by atoms with E-state index in [-0.39, 0.29) is 5.54 Å². The molecule has 0 saturated carbocycles. The molecule has 21 heavy (non-hydrogen) atoms. The second kappa shape index (κ2) is 7.71. The molecule has 1 aromatic rings. The first-order chi connectivity index (χ1) is 9.65. The molecule has 0 aliphatic heterocycles. The first-order valence-corrected chi connectivity index (χ1v) is 7.96. The van der Waals surface area contributed by atoms with Crippen molar-refractivity contribution in [3.63, 3.8) is 0 Å². The van der Waals surface area contributed by atoms with E-state index in [4.69, 9.17) is 24.4 Å². The predicted molar refractivity (Wildman–Crippen MR) is 99.8 cm³/mol. The van der Waals surface area contributed by atoms with Gasteiger partial charge in [-0.25, -0.2) is 0 Å². The quantitative estimate of drug-likeness (QED) is 0.737. The summed E-state index contributed by atoms with van der Waals surface area (Å²) in [6.07, 6.45) is 1.09. The lowest BCUT2D eigenvalue weighted by molar-refractivity contribution is 0.511. The molecule has 0 bridgehead atoms. The molecule has 0 aliphatic carbocycles. The molecule has 0 radical (unpaired) electrons. The molecule has 3 N–H and O–H groups in total. The molecule has 0 heterocycles. The number of hydrogen-bond acceptors (Lipinski definition) is 2. The molecule has 5 heteroatoms. The molecule has 0 spiro atoms. The van der Waals surface area contributed by atoms with E-state index in [0.717, 1.165) is 12.1 Å². The van der Waals surface area contributed by atoms with Crippen LogP contribution in [0.4, 0.5) is 5.69 Å². The highest BCUT2D eigenvalue weighted by Crippen LogP contribution is 2.13. The summed E-state index contributed by atoms with van der Waals surface area (Å²) in [6.45, 7) is 10.6. The number of hydrogen-bond donors (Lipinski definition) is 3. The van der Waals surface area contributed by atoms with E-state index in [1.165, 1.54) is 5.56 Å². The molecule has 116 valence electrons. The Hall–Kier alpha value is -1.20. The molecule has 0 aliphatic rings. The second-order valence-electron chi connectivity index (χ2n) is 6.58. The number of anilines is 1. The Morgan fingerprint density at radius 1 is 1.05 bits per heavy atom. The third kappa shape index (κ3) is 7.97. The SMILES string of the molecule is CC(C)Cc1ccc(NC(=S)NC(=S)NC(C)(C)C)cc1. The minimum absolute atomic E-state index is 0.0851. The van der Waals surface area contributed by atoms with E-state index in [1.807, 2.05) is 32.9 Å². The van der Waals surface area contributed by atoms with Gasteiger partial charge in [0.05, 0.1) is 0 Å². The predicted octanol–water partition coefficient (Wildman–Crippen LogP) is 3.84. The summed E-state index contributed by atoms with van der Waals surface area (Å²) in [4.78, 5) is 0. The van der Waals surface area contributed by atoms with Gasteiger partial charge in [0.1, 0.15) is 0 Å². The molecule has 0 saturated heterocycles. The van der Waals surface area contributed by atoms with Crippen LogP contribution >= 0.6 is 24.4 Å². The van der Waals surface area contributed by atoms with Crippen LogP contribution in [0.5, 0.6) is 0 Å². The highest BCUT2D eigenvalue weighted by Gasteiger charge is 2.11. The summed E-state index contributed by atoms with van der Waals surface area (Å²) in [7, 11) is 0. The van der Waals surface area contributed by atoms with E-state index in [1.54, 1.807) is 0 Å². The Balaban J connectivity index is 2.49. The monoisotopic (exact) mass is 323 g/mol. The topological polar surface area (TPSA) is 36.1 Å². The first kappa shape index (κ1) is 17.9. The maximum absolute atomic E-state index is 5.25. The smallest absolute Gasteiger partial charge is 0.177 e. The average molecular weight is 324 g/mol. The van der Waals surface area contributed by atoms with E-state index in [9.17, 15) is 0 Å². The second-order valence-corrected chi connectivity index (χ2v) is 7.39. The highest BCUT2D eigenvalue weighted by atomic mass is 32.1. The summed E-state index contributed by atoms with van der Waals surface area (Å²) in [6, 6.07) is 8.31. The van der Waals surface area contributed by atoms with E-state index >= 15 is 0 Å².